The number of carbonyl (C=O) groups is 2. The number of halogens is 1. The van der Waals surface area contributed by atoms with E-state index in [0.29, 0.717) is 11.4 Å². The number of thiophene rings is 1. The van der Waals surface area contributed by atoms with E-state index in [-0.39, 0.29) is 11.4 Å². The van der Waals surface area contributed by atoms with Crippen LogP contribution in [0.5, 0.6) is 11.5 Å². The lowest BCUT2D eigenvalue weighted by atomic mass is 10.2. The molecule has 0 spiro atoms. The summed E-state index contributed by atoms with van der Waals surface area (Å²) in [6, 6.07) is 16.5. The number of aromatic nitrogens is 3. The Balaban J connectivity index is 1.27. The maximum Gasteiger partial charge on any atom is 0.233 e. The first kappa shape index (κ1) is 23.2. The number of ether oxygens (including phenoxy) is 1. The average molecular weight is 502 g/mol. The van der Waals surface area contributed by atoms with Crippen LogP contribution in [0.4, 0.5) is 15.8 Å². The highest BCUT2D eigenvalue weighted by atomic mass is 32.1. The summed E-state index contributed by atoms with van der Waals surface area (Å²) in [4.78, 5) is 33.8. The Labute approximate surface area is 209 Å². The molecule has 0 bridgehead atoms. The smallest absolute Gasteiger partial charge is 0.233 e. The van der Waals surface area contributed by atoms with E-state index < -0.39 is 24.1 Å². The van der Waals surface area contributed by atoms with Crippen LogP contribution >= 0.6 is 11.3 Å². The predicted molar refractivity (Wildman–Crippen MR) is 137 cm³/mol. The van der Waals surface area contributed by atoms with Gasteiger partial charge in [0.1, 0.15) is 12.2 Å². The zero-order chi connectivity index (χ0) is 25.1. The number of pyridine rings is 1. The van der Waals surface area contributed by atoms with E-state index in [1.165, 1.54) is 23.5 Å². The third-order valence-corrected chi connectivity index (χ3v) is 6.42. The molecule has 0 aliphatic heterocycles. The molecule has 0 saturated heterocycles. The number of nitrogens with one attached hydrogen (secondary N) is 2. The molecule has 3 aromatic heterocycles. The Bertz CT molecular complexity index is 1560. The van der Waals surface area contributed by atoms with Gasteiger partial charge in [0.05, 0.1) is 33.3 Å². The third kappa shape index (κ3) is 5.08. The molecule has 8 nitrogen and oxygen atoms in total. The van der Waals surface area contributed by atoms with E-state index in [2.05, 4.69) is 20.6 Å². The standard InChI is InChI=1S/C26H20FN5O3S/c1-32-15-28-14-20(32)23-12-19-26(36-23)22(9-10-29-19)35-21-8-7-17(11-18(21)27)31-25(34)13-24(33)30-16-5-3-2-4-6-16/h2-12,14-15H,13H2,1H3,(H,30,33)(H,31,34). The Morgan fingerprint density at radius 1 is 1.00 bits per heavy atom. The van der Waals surface area contributed by atoms with E-state index in [1.54, 1.807) is 49.1 Å². The summed E-state index contributed by atoms with van der Waals surface area (Å²) in [6.45, 7) is 0. The van der Waals surface area contributed by atoms with Crippen molar-refractivity contribution < 1.29 is 18.7 Å². The van der Waals surface area contributed by atoms with Crippen LogP contribution in [0.3, 0.4) is 0 Å². The summed E-state index contributed by atoms with van der Waals surface area (Å²) >= 11 is 1.47. The van der Waals surface area contributed by atoms with E-state index in [4.69, 9.17) is 4.74 Å². The van der Waals surface area contributed by atoms with Gasteiger partial charge in [-0.05, 0) is 30.3 Å². The first-order chi connectivity index (χ1) is 17.5. The summed E-state index contributed by atoms with van der Waals surface area (Å²) in [6.07, 6.45) is 4.69. The molecule has 0 aliphatic carbocycles. The number of amides is 2. The number of fused-ring (bicyclic) bond motifs is 1. The Morgan fingerprint density at radius 2 is 1.78 bits per heavy atom. The van der Waals surface area contributed by atoms with Gasteiger partial charge in [0.2, 0.25) is 11.8 Å². The second-order valence-electron chi connectivity index (χ2n) is 7.91. The molecule has 0 fully saturated rings. The fraction of sp³-hybridized carbons (Fsp3) is 0.0769. The van der Waals surface area contributed by atoms with Crippen molar-refractivity contribution in [3.05, 3.63) is 85.2 Å². The summed E-state index contributed by atoms with van der Waals surface area (Å²) < 4.78 is 23.4. The highest BCUT2D eigenvalue weighted by molar-refractivity contribution is 7.22. The molecule has 0 radical (unpaired) electrons. The number of benzene rings is 2. The summed E-state index contributed by atoms with van der Waals surface area (Å²) in [5.74, 6) is -1.23. The molecule has 0 atom stereocenters. The molecule has 180 valence electrons. The van der Waals surface area contributed by atoms with Gasteiger partial charge in [0.25, 0.3) is 0 Å². The van der Waals surface area contributed by atoms with Crippen LogP contribution in [0.15, 0.2) is 79.4 Å². The fourth-order valence-corrected chi connectivity index (χ4v) is 4.69. The quantitative estimate of drug-likeness (QED) is 0.283. The molecule has 0 aliphatic rings. The lowest BCUT2D eigenvalue weighted by Crippen LogP contribution is -2.21. The lowest BCUT2D eigenvalue weighted by Gasteiger charge is -2.10. The summed E-state index contributed by atoms with van der Waals surface area (Å²) in [5.41, 5.74) is 2.47. The monoisotopic (exact) mass is 501 g/mol. The molecule has 0 saturated carbocycles. The SMILES string of the molecule is Cn1cncc1-c1cc2nccc(Oc3ccc(NC(=O)CC(=O)Nc4ccccc4)cc3F)c2s1. The molecule has 36 heavy (non-hydrogen) atoms. The zero-order valence-corrected chi connectivity index (χ0v) is 19.9. The van der Waals surface area contributed by atoms with E-state index in [9.17, 15) is 14.0 Å². The molecule has 0 unspecified atom stereocenters. The molecule has 2 N–H and O–H groups in total. The molecule has 5 aromatic rings. The van der Waals surface area contributed by atoms with Gasteiger partial charge in [-0.3, -0.25) is 14.6 Å². The molecular weight excluding hydrogens is 481 g/mol. The number of para-hydroxylation sites is 1. The highest BCUT2D eigenvalue weighted by Gasteiger charge is 2.15. The Kier molecular flexibility index (Phi) is 6.42. The van der Waals surface area contributed by atoms with Crippen LogP contribution < -0.4 is 15.4 Å². The van der Waals surface area contributed by atoms with Crippen LogP contribution in [-0.4, -0.2) is 26.3 Å². The van der Waals surface area contributed by atoms with E-state index in [0.717, 1.165) is 26.9 Å². The Morgan fingerprint density at radius 3 is 2.50 bits per heavy atom. The van der Waals surface area contributed by atoms with Crippen LogP contribution in [0.25, 0.3) is 20.8 Å². The lowest BCUT2D eigenvalue weighted by molar-refractivity contribution is -0.123. The normalized spacial score (nSPS) is 10.8. The second kappa shape index (κ2) is 9.96. The van der Waals surface area contributed by atoms with Gasteiger partial charge in [-0.25, -0.2) is 9.37 Å². The predicted octanol–water partition coefficient (Wildman–Crippen LogP) is 5.60. The van der Waals surface area contributed by atoms with Crippen molar-refractivity contribution in [1.29, 1.82) is 0 Å². The minimum Gasteiger partial charge on any atom is -0.453 e. The number of rotatable bonds is 7. The van der Waals surface area contributed by atoms with Gasteiger partial charge in [0, 0.05) is 36.8 Å². The number of hydrogen-bond donors (Lipinski definition) is 2. The largest absolute Gasteiger partial charge is 0.453 e. The van der Waals surface area contributed by atoms with Gasteiger partial charge in [-0.2, -0.15) is 0 Å². The van der Waals surface area contributed by atoms with Crippen molar-refractivity contribution in [2.45, 2.75) is 6.42 Å². The number of hydrogen-bond acceptors (Lipinski definition) is 6. The first-order valence-corrected chi connectivity index (χ1v) is 11.8. The van der Waals surface area contributed by atoms with Crippen molar-refractivity contribution in [2.75, 3.05) is 10.6 Å². The van der Waals surface area contributed by atoms with Crippen molar-refractivity contribution in [3.63, 3.8) is 0 Å². The number of carbonyl (C=O) groups excluding carboxylic acids is 2. The maximum absolute atomic E-state index is 14.8. The van der Waals surface area contributed by atoms with Crippen molar-refractivity contribution in [2.24, 2.45) is 7.05 Å². The second-order valence-corrected chi connectivity index (χ2v) is 8.96. The maximum atomic E-state index is 14.8. The molecular formula is C26H20FN5O3S. The van der Waals surface area contributed by atoms with Gasteiger partial charge in [0.15, 0.2) is 11.6 Å². The van der Waals surface area contributed by atoms with Gasteiger partial charge in [-0.15, -0.1) is 11.3 Å². The minimum atomic E-state index is -0.657. The summed E-state index contributed by atoms with van der Waals surface area (Å²) in [7, 11) is 1.91. The van der Waals surface area contributed by atoms with Gasteiger partial charge >= 0.3 is 0 Å². The van der Waals surface area contributed by atoms with Crippen LogP contribution in [-0.2, 0) is 16.6 Å². The molecule has 5 rings (SSSR count). The third-order valence-electron chi connectivity index (χ3n) is 5.26. The summed E-state index contributed by atoms with van der Waals surface area (Å²) in [5, 5.41) is 5.16. The Hall–Kier alpha value is -4.57. The number of imidazole rings is 1. The van der Waals surface area contributed by atoms with E-state index >= 15 is 0 Å². The van der Waals surface area contributed by atoms with Gasteiger partial charge in [-0.1, -0.05) is 18.2 Å². The van der Waals surface area contributed by atoms with Crippen molar-refractivity contribution in [1.82, 2.24) is 14.5 Å². The van der Waals surface area contributed by atoms with Crippen LogP contribution in [0.2, 0.25) is 0 Å². The molecule has 10 heteroatoms. The van der Waals surface area contributed by atoms with Gasteiger partial charge < -0.3 is 19.9 Å². The average Bonchev–Trinajstić information content (AvgIpc) is 3.47. The zero-order valence-electron chi connectivity index (χ0n) is 19.1. The van der Waals surface area contributed by atoms with Crippen LogP contribution in [0.1, 0.15) is 6.42 Å². The number of nitrogens with zero attached hydrogens (tertiary/aromatic N) is 3. The number of anilines is 2. The fourth-order valence-electron chi connectivity index (χ4n) is 3.57. The first-order valence-electron chi connectivity index (χ1n) is 10.9. The molecule has 3 heterocycles. The highest BCUT2D eigenvalue weighted by Crippen LogP contribution is 2.39. The van der Waals surface area contributed by atoms with Crippen LogP contribution in [0, 0.1) is 5.82 Å². The molecule has 2 amide bonds. The molecule has 2 aromatic carbocycles. The van der Waals surface area contributed by atoms with E-state index in [1.807, 2.05) is 23.7 Å². The van der Waals surface area contributed by atoms with Crippen molar-refractivity contribution in [3.8, 4) is 22.1 Å². The van der Waals surface area contributed by atoms with Crippen molar-refractivity contribution >= 4 is 44.7 Å². The topological polar surface area (TPSA) is 98.1 Å². The number of aryl methyl sites for hydroxylation is 1. The minimum absolute atomic E-state index is 0.00203.